The number of likely N-dealkylation sites (tertiary alicyclic amines) is 1. The maximum atomic E-state index is 12.0. The topological polar surface area (TPSA) is 80.5 Å². The number of hydrogen-bond donors (Lipinski definition) is 1. The normalized spacial score (nSPS) is 27.8. The van der Waals surface area contributed by atoms with E-state index in [1.54, 1.807) is 6.92 Å². The molecule has 0 unspecified atom stereocenters. The Labute approximate surface area is 95.0 Å². The fourth-order valence-corrected chi connectivity index (χ4v) is 1.88. The van der Waals surface area contributed by atoms with Crippen LogP contribution in [-0.4, -0.2) is 35.6 Å². The summed E-state index contributed by atoms with van der Waals surface area (Å²) in [5, 5.41) is 0. The van der Waals surface area contributed by atoms with Crippen LogP contribution in [0.4, 0.5) is 0 Å². The molecule has 0 bridgehead atoms. The van der Waals surface area contributed by atoms with Gasteiger partial charge in [0.05, 0.1) is 12.0 Å². The molecular weight excluding hydrogens is 208 g/mol. The number of carbonyl (C=O) groups excluding carboxylic acids is 3. The molecule has 0 radical (unpaired) electrons. The largest absolute Gasteiger partial charge is 0.321 e. The summed E-state index contributed by atoms with van der Waals surface area (Å²) in [4.78, 5) is 36.2. The van der Waals surface area contributed by atoms with Gasteiger partial charge in [-0.3, -0.25) is 19.3 Å². The third-order valence-electron chi connectivity index (χ3n) is 3.17. The quantitative estimate of drug-likeness (QED) is 0.533. The lowest BCUT2D eigenvalue weighted by Crippen LogP contribution is -2.43. The van der Waals surface area contributed by atoms with Crippen LogP contribution in [-0.2, 0) is 14.4 Å². The van der Waals surface area contributed by atoms with E-state index in [-0.39, 0.29) is 17.6 Å². The summed E-state index contributed by atoms with van der Waals surface area (Å²) in [7, 11) is 1.40. The number of ketones is 1. The first kappa shape index (κ1) is 12.8. The van der Waals surface area contributed by atoms with Crippen LogP contribution >= 0.6 is 0 Å². The molecule has 1 saturated heterocycles. The highest BCUT2D eigenvalue weighted by Crippen LogP contribution is 2.27. The Hall–Kier alpha value is -1.23. The fourth-order valence-electron chi connectivity index (χ4n) is 1.88. The monoisotopic (exact) mass is 226 g/mol. The van der Waals surface area contributed by atoms with Gasteiger partial charge in [0.1, 0.15) is 5.92 Å². The van der Waals surface area contributed by atoms with Gasteiger partial charge in [-0.2, -0.15) is 0 Å². The lowest BCUT2D eigenvalue weighted by atomic mass is 9.85. The summed E-state index contributed by atoms with van der Waals surface area (Å²) in [5.74, 6) is -2.58. The molecule has 2 N–H and O–H groups in total. The summed E-state index contributed by atoms with van der Waals surface area (Å²) in [6, 6.07) is -0.685. The maximum absolute atomic E-state index is 12.0. The van der Waals surface area contributed by atoms with Crippen molar-refractivity contribution in [3.8, 4) is 0 Å². The summed E-state index contributed by atoms with van der Waals surface area (Å²) in [6.07, 6.45) is 0. The number of nitrogens with zero attached hydrogens (tertiary/aromatic N) is 1. The first-order valence-corrected chi connectivity index (χ1v) is 5.39. The maximum Gasteiger partial charge on any atom is 0.240 e. The zero-order valence-corrected chi connectivity index (χ0v) is 10.1. The van der Waals surface area contributed by atoms with Crippen molar-refractivity contribution in [2.75, 3.05) is 7.05 Å². The molecule has 1 aliphatic rings. The molecule has 0 aromatic rings. The van der Waals surface area contributed by atoms with Gasteiger partial charge in [0.15, 0.2) is 5.78 Å². The number of amides is 2. The van der Waals surface area contributed by atoms with E-state index in [1.165, 1.54) is 7.05 Å². The number of Topliss-reactive ketones (excluding diaryl/α,β-unsaturated/α-hetero) is 1. The molecule has 5 heteroatoms. The Morgan fingerprint density at radius 3 is 2.12 bits per heavy atom. The van der Waals surface area contributed by atoms with E-state index in [0.717, 1.165) is 4.90 Å². The highest BCUT2D eigenvalue weighted by molar-refractivity contribution is 6.16. The predicted octanol–water partition coefficient (Wildman–Crippen LogP) is -0.210. The molecule has 0 spiro atoms. The van der Waals surface area contributed by atoms with Crippen molar-refractivity contribution in [3.05, 3.63) is 0 Å². The van der Waals surface area contributed by atoms with Crippen molar-refractivity contribution in [2.45, 2.75) is 26.8 Å². The van der Waals surface area contributed by atoms with Crippen LogP contribution in [0.2, 0.25) is 0 Å². The van der Waals surface area contributed by atoms with Gasteiger partial charge in [-0.1, -0.05) is 20.8 Å². The van der Waals surface area contributed by atoms with Crippen LogP contribution in [0, 0.1) is 17.8 Å². The Morgan fingerprint density at radius 1 is 1.31 bits per heavy atom. The second-order valence-electron chi connectivity index (χ2n) is 4.67. The van der Waals surface area contributed by atoms with Crippen LogP contribution in [0.25, 0.3) is 0 Å². The van der Waals surface area contributed by atoms with Crippen LogP contribution < -0.4 is 5.73 Å². The summed E-state index contributed by atoms with van der Waals surface area (Å²) >= 11 is 0. The van der Waals surface area contributed by atoms with Crippen molar-refractivity contribution in [3.63, 3.8) is 0 Å². The molecular formula is C11H18N2O3. The van der Waals surface area contributed by atoms with Crippen LogP contribution in [0.3, 0.4) is 0 Å². The molecule has 0 saturated carbocycles. The number of carbonyl (C=O) groups is 3. The van der Waals surface area contributed by atoms with Gasteiger partial charge in [-0.15, -0.1) is 0 Å². The standard InChI is InChI=1S/C11H18N2O3/c1-5(2)8(12)9(14)7-6(3)10(15)13(4)11(7)16/h5-8H,12H2,1-4H3/t6-,7+,8-/m0/s1. The highest BCUT2D eigenvalue weighted by Gasteiger charge is 2.48. The van der Waals surface area contributed by atoms with Gasteiger partial charge >= 0.3 is 0 Å². The number of imide groups is 1. The molecule has 1 heterocycles. The van der Waals surface area contributed by atoms with E-state index in [9.17, 15) is 14.4 Å². The van der Waals surface area contributed by atoms with Crippen molar-refractivity contribution < 1.29 is 14.4 Å². The van der Waals surface area contributed by atoms with Gasteiger partial charge in [0, 0.05) is 7.05 Å². The van der Waals surface area contributed by atoms with Crippen molar-refractivity contribution in [2.24, 2.45) is 23.5 Å². The Kier molecular flexibility index (Phi) is 3.48. The predicted molar refractivity (Wildman–Crippen MR) is 58.3 cm³/mol. The fraction of sp³-hybridized carbons (Fsp3) is 0.727. The number of hydrogen-bond acceptors (Lipinski definition) is 4. The van der Waals surface area contributed by atoms with Gasteiger partial charge in [-0.25, -0.2) is 0 Å². The Balaban J connectivity index is 2.93. The van der Waals surface area contributed by atoms with Gasteiger partial charge in [0.2, 0.25) is 11.8 Å². The molecule has 0 aromatic carbocycles. The van der Waals surface area contributed by atoms with Gasteiger partial charge < -0.3 is 5.73 Å². The highest BCUT2D eigenvalue weighted by atomic mass is 16.2. The van der Waals surface area contributed by atoms with Gasteiger partial charge in [-0.05, 0) is 5.92 Å². The van der Waals surface area contributed by atoms with E-state index >= 15 is 0 Å². The van der Waals surface area contributed by atoms with Crippen LogP contribution in [0.5, 0.6) is 0 Å². The Morgan fingerprint density at radius 2 is 1.81 bits per heavy atom. The summed E-state index contributed by atoms with van der Waals surface area (Å²) in [6.45, 7) is 5.23. The molecule has 2 amide bonds. The van der Waals surface area contributed by atoms with E-state index < -0.39 is 23.8 Å². The SMILES string of the molecule is CC(C)[C@H](N)C(=O)[C@@H]1C(=O)N(C)C(=O)[C@H]1C. The Bertz CT molecular complexity index is 338. The average molecular weight is 226 g/mol. The van der Waals surface area contributed by atoms with Crippen LogP contribution in [0.1, 0.15) is 20.8 Å². The third-order valence-corrected chi connectivity index (χ3v) is 3.17. The lowest BCUT2D eigenvalue weighted by molar-refractivity contribution is -0.139. The number of nitrogens with two attached hydrogens (primary N) is 1. The molecule has 5 nitrogen and oxygen atoms in total. The molecule has 90 valence electrons. The lowest BCUT2D eigenvalue weighted by Gasteiger charge is -2.18. The first-order valence-electron chi connectivity index (χ1n) is 5.39. The van der Waals surface area contributed by atoms with Crippen molar-refractivity contribution >= 4 is 17.6 Å². The zero-order chi connectivity index (χ0) is 12.6. The minimum atomic E-state index is -0.894. The summed E-state index contributed by atoms with van der Waals surface area (Å²) < 4.78 is 0. The van der Waals surface area contributed by atoms with Crippen molar-refractivity contribution in [1.29, 1.82) is 0 Å². The minimum Gasteiger partial charge on any atom is -0.321 e. The van der Waals surface area contributed by atoms with Crippen LogP contribution in [0.15, 0.2) is 0 Å². The minimum absolute atomic E-state index is 0.0338. The van der Waals surface area contributed by atoms with E-state index in [4.69, 9.17) is 5.73 Å². The molecule has 0 aromatic heterocycles. The molecule has 1 fully saturated rings. The molecule has 1 rings (SSSR count). The molecule has 0 aliphatic carbocycles. The van der Waals surface area contributed by atoms with Gasteiger partial charge in [0.25, 0.3) is 0 Å². The summed E-state index contributed by atoms with van der Waals surface area (Å²) in [5.41, 5.74) is 5.72. The molecule has 16 heavy (non-hydrogen) atoms. The third kappa shape index (κ3) is 1.87. The van der Waals surface area contributed by atoms with Crippen molar-refractivity contribution in [1.82, 2.24) is 4.90 Å². The average Bonchev–Trinajstić information content (AvgIpc) is 2.41. The smallest absolute Gasteiger partial charge is 0.240 e. The first-order chi connectivity index (χ1) is 7.29. The second-order valence-corrected chi connectivity index (χ2v) is 4.67. The number of rotatable bonds is 3. The van der Waals surface area contributed by atoms with E-state index in [0.29, 0.717) is 0 Å². The van der Waals surface area contributed by atoms with E-state index in [1.807, 2.05) is 13.8 Å². The second kappa shape index (κ2) is 4.33. The molecule has 1 aliphatic heterocycles. The zero-order valence-electron chi connectivity index (χ0n) is 10.1. The van der Waals surface area contributed by atoms with E-state index in [2.05, 4.69) is 0 Å². The molecule has 3 atom stereocenters.